The fraction of sp³-hybridized carbons (Fsp3) is 1.00. The summed E-state index contributed by atoms with van der Waals surface area (Å²) in [5, 5.41) is 3.73. The first-order valence-electron chi connectivity index (χ1n) is 7.52. The van der Waals surface area contributed by atoms with Gasteiger partial charge in [-0.25, -0.2) is 0 Å². The van der Waals surface area contributed by atoms with Gasteiger partial charge in [-0.05, 0) is 50.5 Å². The summed E-state index contributed by atoms with van der Waals surface area (Å²) in [6, 6.07) is 0.747. The molecule has 2 nitrogen and oxygen atoms in total. The molecule has 17 heavy (non-hydrogen) atoms. The zero-order valence-electron chi connectivity index (χ0n) is 11.7. The Balaban J connectivity index is 1.66. The Bertz CT molecular complexity index is 241. The molecule has 0 spiro atoms. The van der Waals surface area contributed by atoms with Crippen molar-refractivity contribution in [2.24, 2.45) is 11.1 Å². The maximum Gasteiger partial charge on any atom is 0.0166 e. The Kier molecular flexibility index (Phi) is 4.14. The zero-order valence-corrected chi connectivity index (χ0v) is 11.7. The summed E-state index contributed by atoms with van der Waals surface area (Å²) in [5.74, 6) is 0. The van der Waals surface area contributed by atoms with Gasteiger partial charge in [-0.2, -0.15) is 0 Å². The summed E-state index contributed by atoms with van der Waals surface area (Å²) in [6.45, 7) is 5.90. The van der Waals surface area contributed by atoms with Gasteiger partial charge in [0.05, 0.1) is 0 Å². The molecule has 0 amide bonds. The van der Waals surface area contributed by atoms with Crippen molar-refractivity contribution in [1.82, 2.24) is 5.32 Å². The van der Waals surface area contributed by atoms with E-state index in [4.69, 9.17) is 5.73 Å². The monoisotopic (exact) mass is 238 g/mol. The van der Waals surface area contributed by atoms with E-state index in [1.165, 1.54) is 57.8 Å². The van der Waals surface area contributed by atoms with Crippen LogP contribution in [-0.2, 0) is 0 Å². The summed E-state index contributed by atoms with van der Waals surface area (Å²) in [7, 11) is 0. The van der Waals surface area contributed by atoms with Crippen LogP contribution < -0.4 is 11.1 Å². The zero-order chi connectivity index (χ0) is 12.4. The van der Waals surface area contributed by atoms with E-state index in [1.807, 2.05) is 0 Å². The van der Waals surface area contributed by atoms with Crippen molar-refractivity contribution >= 4 is 0 Å². The molecule has 2 heteroatoms. The molecule has 2 aliphatic carbocycles. The highest BCUT2D eigenvalue weighted by Crippen LogP contribution is 2.37. The summed E-state index contributed by atoms with van der Waals surface area (Å²) in [5.41, 5.74) is 7.17. The number of nitrogens with one attached hydrogen (secondary N) is 1. The van der Waals surface area contributed by atoms with Crippen LogP contribution in [0.4, 0.5) is 0 Å². The van der Waals surface area contributed by atoms with E-state index in [0.29, 0.717) is 5.41 Å². The Morgan fingerprint density at radius 3 is 2.41 bits per heavy atom. The molecular formula is C15H30N2. The first-order chi connectivity index (χ1) is 7.99. The van der Waals surface area contributed by atoms with Gasteiger partial charge in [0.15, 0.2) is 0 Å². The summed E-state index contributed by atoms with van der Waals surface area (Å²) >= 11 is 0. The molecule has 0 aliphatic heterocycles. The molecular weight excluding hydrogens is 208 g/mol. The van der Waals surface area contributed by atoms with Crippen molar-refractivity contribution in [3.8, 4) is 0 Å². The van der Waals surface area contributed by atoms with Crippen molar-refractivity contribution in [2.75, 3.05) is 6.54 Å². The second-order valence-corrected chi connectivity index (χ2v) is 7.23. The predicted molar refractivity (Wildman–Crippen MR) is 74.0 cm³/mol. The van der Waals surface area contributed by atoms with Gasteiger partial charge in [0, 0.05) is 11.6 Å². The molecule has 0 heterocycles. The SMILES string of the molecule is CC1(C)CCC(NCCC2(N)CCCCC2)C1. The Morgan fingerprint density at radius 1 is 1.12 bits per heavy atom. The number of rotatable bonds is 4. The Labute approximate surface area is 107 Å². The largest absolute Gasteiger partial charge is 0.325 e. The molecule has 0 aromatic rings. The summed E-state index contributed by atoms with van der Waals surface area (Å²) in [4.78, 5) is 0. The van der Waals surface area contributed by atoms with Crippen molar-refractivity contribution in [3.63, 3.8) is 0 Å². The molecule has 2 rings (SSSR count). The van der Waals surface area contributed by atoms with Crippen LogP contribution in [0.25, 0.3) is 0 Å². The lowest BCUT2D eigenvalue weighted by Gasteiger charge is -2.34. The third-order valence-corrected chi connectivity index (χ3v) is 4.87. The highest BCUT2D eigenvalue weighted by atomic mass is 14.9. The third-order valence-electron chi connectivity index (χ3n) is 4.87. The smallest absolute Gasteiger partial charge is 0.0166 e. The van der Waals surface area contributed by atoms with Gasteiger partial charge in [0.25, 0.3) is 0 Å². The standard InChI is InChI=1S/C15H30N2/c1-14(2)9-6-13(12-14)17-11-10-15(16)7-4-3-5-8-15/h13,17H,3-12,16H2,1-2H3. The first kappa shape index (κ1) is 13.4. The quantitative estimate of drug-likeness (QED) is 0.789. The molecule has 2 saturated carbocycles. The molecule has 1 atom stereocenters. The van der Waals surface area contributed by atoms with Gasteiger partial charge >= 0.3 is 0 Å². The number of nitrogens with two attached hydrogens (primary N) is 1. The van der Waals surface area contributed by atoms with Crippen LogP contribution in [0.5, 0.6) is 0 Å². The topological polar surface area (TPSA) is 38.0 Å². The molecule has 0 aromatic heterocycles. The summed E-state index contributed by atoms with van der Waals surface area (Å²) in [6.07, 6.45) is 11.8. The van der Waals surface area contributed by atoms with Gasteiger partial charge < -0.3 is 11.1 Å². The first-order valence-corrected chi connectivity index (χ1v) is 7.52. The minimum absolute atomic E-state index is 0.152. The van der Waals surface area contributed by atoms with Gasteiger partial charge in [0.1, 0.15) is 0 Å². The second-order valence-electron chi connectivity index (χ2n) is 7.23. The van der Waals surface area contributed by atoms with Crippen molar-refractivity contribution < 1.29 is 0 Å². The molecule has 1 unspecified atom stereocenters. The van der Waals surface area contributed by atoms with E-state index in [9.17, 15) is 0 Å². The maximum atomic E-state index is 6.46. The van der Waals surface area contributed by atoms with E-state index < -0.39 is 0 Å². The van der Waals surface area contributed by atoms with Gasteiger partial charge in [-0.3, -0.25) is 0 Å². The van der Waals surface area contributed by atoms with Crippen molar-refractivity contribution in [3.05, 3.63) is 0 Å². The average molecular weight is 238 g/mol. The average Bonchev–Trinajstić information content (AvgIpc) is 2.59. The fourth-order valence-electron chi connectivity index (χ4n) is 3.64. The van der Waals surface area contributed by atoms with Crippen molar-refractivity contribution in [1.29, 1.82) is 0 Å². The molecule has 0 bridgehead atoms. The fourth-order valence-corrected chi connectivity index (χ4v) is 3.64. The molecule has 2 fully saturated rings. The molecule has 100 valence electrons. The third kappa shape index (κ3) is 3.96. The highest BCUT2D eigenvalue weighted by Gasteiger charge is 2.31. The van der Waals surface area contributed by atoms with Crippen LogP contribution in [0.1, 0.15) is 71.6 Å². The minimum atomic E-state index is 0.152. The van der Waals surface area contributed by atoms with Crippen LogP contribution in [0, 0.1) is 5.41 Å². The van der Waals surface area contributed by atoms with Crippen LogP contribution in [-0.4, -0.2) is 18.1 Å². The normalized spacial score (nSPS) is 31.6. The van der Waals surface area contributed by atoms with Crippen LogP contribution >= 0.6 is 0 Å². The molecule has 3 N–H and O–H groups in total. The van der Waals surface area contributed by atoms with E-state index >= 15 is 0 Å². The lowest BCUT2D eigenvalue weighted by Crippen LogP contribution is -2.45. The minimum Gasteiger partial charge on any atom is -0.325 e. The lowest BCUT2D eigenvalue weighted by atomic mass is 9.80. The predicted octanol–water partition coefficient (Wildman–Crippen LogP) is 3.21. The highest BCUT2D eigenvalue weighted by molar-refractivity contribution is 4.90. The summed E-state index contributed by atoms with van der Waals surface area (Å²) < 4.78 is 0. The van der Waals surface area contributed by atoms with Crippen LogP contribution in [0.3, 0.4) is 0 Å². The van der Waals surface area contributed by atoms with Crippen LogP contribution in [0.15, 0.2) is 0 Å². The van der Waals surface area contributed by atoms with E-state index in [-0.39, 0.29) is 5.54 Å². The van der Waals surface area contributed by atoms with E-state index in [0.717, 1.165) is 12.6 Å². The van der Waals surface area contributed by atoms with Gasteiger partial charge in [-0.1, -0.05) is 33.1 Å². The number of hydrogen-bond acceptors (Lipinski definition) is 2. The molecule has 0 saturated heterocycles. The Hall–Kier alpha value is -0.0800. The van der Waals surface area contributed by atoms with Gasteiger partial charge in [-0.15, -0.1) is 0 Å². The maximum absolute atomic E-state index is 6.46. The Morgan fingerprint density at radius 2 is 1.82 bits per heavy atom. The van der Waals surface area contributed by atoms with Gasteiger partial charge in [0.2, 0.25) is 0 Å². The van der Waals surface area contributed by atoms with Crippen molar-refractivity contribution in [2.45, 2.75) is 83.2 Å². The van der Waals surface area contributed by atoms with E-state index in [1.54, 1.807) is 0 Å². The molecule has 2 aliphatic rings. The number of hydrogen-bond donors (Lipinski definition) is 2. The molecule has 0 radical (unpaired) electrons. The molecule has 0 aromatic carbocycles. The van der Waals surface area contributed by atoms with E-state index in [2.05, 4.69) is 19.2 Å². The second kappa shape index (κ2) is 5.27. The lowest BCUT2D eigenvalue weighted by molar-refractivity contribution is 0.269. The van der Waals surface area contributed by atoms with Crippen LogP contribution in [0.2, 0.25) is 0 Å².